The minimum absolute atomic E-state index is 0.448. The molecule has 0 bridgehead atoms. The first kappa shape index (κ1) is 10.3. The molecular formula is C10H10ClNS2. The first-order valence-electron chi connectivity index (χ1n) is 4.30. The Balaban J connectivity index is 2.56. The van der Waals surface area contributed by atoms with Crippen LogP contribution in [0.3, 0.4) is 0 Å². The molecule has 4 heteroatoms. The summed E-state index contributed by atoms with van der Waals surface area (Å²) in [5.74, 6) is 0. The Morgan fingerprint density at radius 1 is 1.50 bits per heavy atom. The smallest absolute Gasteiger partial charge is 0.107 e. The van der Waals surface area contributed by atoms with Crippen LogP contribution in [0.5, 0.6) is 0 Å². The van der Waals surface area contributed by atoms with E-state index in [1.165, 1.54) is 0 Å². The van der Waals surface area contributed by atoms with Crippen LogP contribution in [-0.4, -0.2) is 11.2 Å². The fraction of sp³-hybridized carbons (Fsp3) is 0.300. The van der Waals surface area contributed by atoms with Crippen LogP contribution < -0.4 is 0 Å². The van der Waals surface area contributed by atoms with Crippen LogP contribution in [0.2, 0.25) is 5.02 Å². The predicted octanol–water partition coefficient (Wildman–Crippen LogP) is 4.37. The number of aromatic nitrogens is 1. The van der Waals surface area contributed by atoms with E-state index in [2.05, 4.69) is 18.2 Å². The van der Waals surface area contributed by atoms with Crippen molar-refractivity contribution < 1.29 is 0 Å². The molecule has 0 saturated heterocycles. The molecule has 1 aromatic heterocycles. The van der Waals surface area contributed by atoms with Crippen LogP contribution in [0.4, 0.5) is 0 Å². The molecule has 0 saturated carbocycles. The van der Waals surface area contributed by atoms with Gasteiger partial charge in [-0.2, -0.15) is 11.8 Å². The highest BCUT2D eigenvalue weighted by Gasteiger charge is 2.11. The molecule has 1 nitrogen and oxygen atoms in total. The minimum Gasteiger partial charge on any atom is -0.240 e. The molecule has 2 rings (SSSR count). The zero-order chi connectivity index (χ0) is 10.1. The van der Waals surface area contributed by atoms with Gasteiger partial charge in [0.05, 0.1) is 20.5 Å². The summed E-state index contributed by atoms with van der Waals surface area (Å²) < 4.78 is 1.10. The number of fused-ring (bicyclic) bond motifs is 1. The molecule has 0 amide bonds. The first-order chi connectivity index (χ1) is 6.72. The molecule has 74 valence electrons. The number of hydrogen-bond acceptors (Lipinski definition) is 3. The highest BCUT2D eigenvalue weighted by atomic mass is 35.5. The van der Waals surface area contributed by atoms with Gasteiger partial charge in [-0.25, -0.2) is 4.98 Å². The van der Waals surface area contributed by atoms with Crippen LogP contribution in [0.15, 0.2) is 18.2 Å². The molecule has 1 aromatic carbocycles. The maximum Gasteiger partial charge on any atom is 0.107 e. The van der Waals surface area contributed by atoms with Crippen molar-refractivity contribution in [2.24, 2.45) is 0 Å². The normalized spacial score (nSPS) is 13.4. The first-order valence-corrected chi connectivity index (χ1v) is 6.78. The lowest BCUT2D eigenvalue weighted by Crippen LogP contribution is -1.83. The third-order valence-electron chi connectivity index (χ3n) is 2.08. The number of thioether (sulfide) groups is 1. The third kappa shape index (κ3) is 1.76. The lowest BCUT2D eigenvalue weighted by Gasteiger charge is -2.00. The van der Waals surface area contributed by atoms with Crippen LogP contribution in [0.25, 0.3) is 10.2 Å². The van der Waals surface area contributed by atoms with E-state index in [9.17, 15) is 0 Å². The van der Waals surface area contributed by atoms with Gasteiger partial charge in [0.15, 0.2) is 0 Å². The summed E-state index contributed by atoms with van der Waals surface area (Å²) in [6, 6.07) is 5.86. The second-order valence-corrected chi connectivity index (χ2v) is 5.63. The zero-order valence-corrected chi connectivity index (χ0v) is 10.3. The van der Waals surface area contributed by atoms with E-state index in [1.807, 2.05) is 18.2 Å². The minimum atomic E-state index is 0.448. The molecule has 0 N–H and O–H groups in total. The van der Waals surface area contributed by atoms with Crippen LogP contribution >= 0.6 is 34.7 Å². The molecule has 2 aromatic rings. The van der Waals surface area contributed by atoms with Crippen molar-refractivity contribution in [1.29, 1.82) is 0 Å². The second kappa shape index (κ2) is 4.09. The number of halogens is 1. The van der Waals surface area contributed by atoms with E-state index in [0.29, 0.717) is 5.25 Å². The Labute approximate surface area is 96.5 Å². The number of benzene rings is 1. The number of thiazole rings is 1. The second-order valence-electron chi connectivity index (χ2n) is 3.02. The van der Waals surface area contributed by atoms with Crippen LogP contribution in [-0.2, 0) is 0 Å². The fourth-order valence-corrected chi connectivity index (χ4v) is 3.08. The summed E-state index contributed by atoms with van der Waals surface area (Å²) in [6.45, 7) is 2.16. The Kier molecular flexibility index (Phi) is 3.00. The van der Waals surface area contributed by atoms with E-state index < -0.39 is 0 Å². The average molecular weight is 244 g/mol. The fourth-order valence-electron chi connectivity index (χ4n) is 1.21. The molecule has 1 unspecified atom stereocenters. The Hall–Kier alpha value is -0.250. The van der Waals surface area contributed by atoms with E-state index in [-0.39, 0.29) is 0 Å². The topological polar surface area (TPSA) is 12.9 Å². The maximum absolute atomic E-state index is 6.08. The summed E-state index contributed by atoms with van der Waals surface area (Å²) in [4.78, 5) is 4.56. The number of nitrogens with zero attached hydrogens (tertiary/aromatic N) is 1. The largest absolute Gasteiger partial charge is 0.240 e. The average Bonchev–Trinajstić information content (AvgIpc) is 2.62. The van der Waals surface area contributed by atoms with Crippen LogP contribution in [0, 0.1) is 0 Å². The quantitative estimate of drug-likeness (QED) is 0.777. The van der Waals surface area contributed by atoms with Crippen molar-refractivity contribution in [2.45, 2.75) is 12.2 Å². The molecule has 0 radical (unpaired) electrons. The predicted molar refractivity (Wildman–Crippen MR) is 66.6 cm³/mol. The van der Waals surface area contributed by atoms with Crippen molar-refractivity contribution in [3.8, 4) is 0 Å². The van der Waals surface area contributed by atoms with E-state index in [0.717, 1.165) is 20.2 Å². The summed E-state index contributed by atoms with van der Waals surface area (Å²) >= 11 is 9.58. The van der Waals surface area contributed by atoms with Gasteiger partial charge in [0.2, 0.25) is 0 Å². The Morgan fingerprint density at radius 2 is 2.29 bits per heavy atom. The lowest BCUT2D eigenvalue weighted by molar-refractivity contribution is 1.08. The molecular weight excluding hydrogens is 234 g/mol. The van der Waals surface area contributed by atoms with E-state index in [4.69, 9.17) is 11.6 Å². The van der Waals surface area contributed by atoms with Crippen LogP contribution in [0.1, 0.15) is 17.2 Å². The molecule has 0 spiro atoms. The van der Waals surface area contributed by atoms with Gasteiger partial charge in [-0.3, -0.25) is 0 Å². The summed E-state index contributed by atoms with van der Waals surface area (Å²) in [5.41, 5.74) is 1.01. The summed E-state index contributed by atoms with van der Waals surface area (Å²) in [6.07, 6.45) is 2.10. The Morgan fingerprint density at radius 3 is 2.93 bits per heavy atom. The SMILES string of the molecule is CSC(C)c1nc2cccc(Cl)c2s1. The molecule has 0 aliphatic carbocycles. The lowest BCUT2D eigenvalue weighted by atomic mass is 10.3. The van der Waals surface area contributed by atoms with Gasteiger partial charge in [-0.15, -0.1) is 11.3 Å². The van der Waals surface area contributed by atoms with Crippen molar-refractivity contribution >= 4 is 44.9 Å². The summed E-state index contributed by atoms with van der Waals surface area (Å²) in [7, 11) is 0. The van der Waals surface area contributed by atoms with Gasteiger partial charge >= 0.3 is 0 Å². The van der Waals surface area contributed by atoms with Crippen molar-refractivity contribution in [3.63, 3.8) is 0 Å². The van der Waals surface area contributed by atoms with Gasteiger partial charge in [0.1, 0.15) is 5.01 Å². The van der Waals surface area contributed by atoms with Crippen molar-refractivity contribution in [1.82, 2.24) is 4.98 Å². The standard InChI is InChI=1S/C10H10ClNS2/c1-6(13-2)10-12-8-5-3-4-7(11)9(8)14-10/h3-6H,1-2H3. The van der Waals surface area contributed by atoms with E-state index in [1.54, 1.807) is 23.1 Å². The van der Waals surface area contributed by atoms with Gasteiger partial charge in [-0.05, 0) is 25.3 Å². The number of rotatable bonds is 2. The summed E-state index contributed by atoms with van der Waals surface area (Å²) in [5, 5.41) is 2.41. The Bertz CT molecular complexity index is 452. The van der Waals surface area contributed by atoms with E-state index >= 15 is 0 Å². The van der Waals surface area contributed by atoms with Gasteiger partial charge in [0, 0.05) is 0 Å². The molecule has 0 fully saturated rings. The van der Waals surface area contributed by atoms with Gasteiger partial charge in [0.25, 0.3) is 0 Å². The molecule has 0 aliphatic heterocycles. The molecule has 14 heavy (non-hydrogen) atoms. The van der Waals surface area contributed by atoms with Crippen molar-refractivity contribution in [2.75, 3.05) is 6.26 Å². The highest BCUT2D eigenvalue weighted by molar-refractivity contribution is 7.98. The molecule has 1 heterocycles. The maximum atomic E-state index is 6.08. The number of hydrogen-bond donors (Lipinski definition) is 0. The highest BCUT2D eigenvalue weighted by Crippen LogP contribution is 2.35. The zero-order valence-electron chi connectivity index (χ0n) is 7.95. The van der Waals surface area contributed by atoms with Crippen molar-refractivity contribution in [3.05, 3.63) is 28.2 Å². The van der Waals surface area contributed by atoms with Gasteiger partial charge < -0.3 is 0 Å². The third-order valence-corrected chi connectivity index (χ3v) is 4.88. The van der Waals surface area contributed by atoms with Gasteiger partial charge in [-0.1, -0.05) is 17.7 Å². The monoisotopic (exact) mass is 243 g/mol. The molecule has 1 atom stereocenters. The molecule has 0 aliphatic rings.